The average Bonchev–Trinajstić information content (AvgIpc) is 2.70. The summed E-state index contributed by atoms with van der Waals surface area (Å²) in [5, 5.41) is 11.0. The molecule has 0 unspecified atom stereocenters. The number of methoxy groups -OCH3 is 1. The summed E-state index contributed by atoms with van der Waals surface area (Å²) >= 11 is 0. The molecule has 0 atom stereocenters. The predicted octanol–water partition coefficient (Wildman–Crippen LogP) is 4.75. The van der Waals surface area contributed by atoms with E-state index < -0.39 is 0 Å². The Balaban J connectivity index is 1.97. The first kappa shape index (κ1) is 18.7. The van der Waals surface area contributed by atoms with E-state index >= 15 is 0 Å². The smallest absolute Gasteiger partial charge is 0.211 e. The second kappa shape index (κ2) is 8.54. The third-order valence-corrected chi connectivity index (χ3v) is 4.40. The molecule has 3 aromatic rings. The number of fused-ring (bicyclic) bond motifs is 1. The van der Waals surface area contributed by atoms with Crippen molar-refractivity contribution in [2.45, 2.75) is 26.2 Å². The Morgan fingerprint density at radius 1 is 1.07 bits per heavy atom. The lowest BCUT2D eigenvalue weighted by molar-refractivity contribution is 0.103. The van der Waals surface area contributed by atoms with Gasteiger partial charge in [-0.05, 0) is 54.3 Å². The fourth-order valence-electron chi connectivity index (χ4n) is 2.92. The van der Waals surface area contributed by atoms with Crippen LogP contribution in [0.5, 0.6) is 17.2 Å². The molecule has 1 heterocycles. The van der Waals surface area contributed by atoms with Crippen LogP contribution in [0.3, 0.4) is 0 Å². The molecule has 0 saturated heterocycles. The quantitative estimate of drug-likeness (QED) is 0.461. The highest BCUT2D eigenvalue weighted by Crippen LogP contribution is 2.34. The van der Waals surface area contributed by atoms with E-state index in [1.54, 1.807) is 31.5 Å². The SMILES string of the molecule is CCCCCOc1cc2ccnc(C(=O)c3ccc(O)cc3)c2cc1OC. The Kier molecular flexibility index (Phi) is 5.91. The highest BCUT2D eigenvalue weighted by molar-refractivity contribution is 6.15. The Morgan fingerprint density at radius 3 is 2.56 bits per heavy atom. The molecule has 0 aliphatic carbocycles. The first-order valence-electron chi connectivity index (χ1n) is 9.07. The van der Waals surface area contributed by atoms with E-state index in [4.69, 9.17) is 9.47 Å². The highest BCUT2D eigenvalue weighted by atomic mass is 16.5. The van der Waals surface area contributed by atoms with Crippen molar-refractivity contribution >= 4 is 16.6 Å². The van der Waals surface area contributed by atoms with Gasteiger partial charge in [-0.2, -0.15) is 0 Å². The van der Waals surface area contributed by atoms with Gasteiger partial charge in [0.15, 0.2) is 11.5 Å². The van der Waals surface area contributed by atoms with Crippen LogP contribution in [0.1, 0.15) is 42.2 Å². The number of rotatable bonds is 8. The average molecular weight is 365 g/mol. The largest absolute Gasteiger partial charge is 0.508 e. The van der Waals surface area contributed by atoms with E-state index in [1.165, 1.54) is 12.1 Å². The Morgan fingerprint density at radius 2 is 1.85 bits per heavy atom. The second-order valence-corrected chi connectivity index (χ2v) is 6.32. The first-order valence-corrected chi connectivity index (χ1v) is 9.07. The fraction of sp³-hybridized carbons (Fsp3) is 0.273. The van der Waals surface area contributed by atoms with Gasteiger partial charge >= 0.3 is 0 Å². The van der Waals surface area contributed by atoms with Crippen LogP contribution in [0.4, 0.5) is 0 Å². The maximum Gasteiger partial charge on any atom is 0.211 e. The Bertz CT molecular complexity index is 935. The normalized spacial score (nSPS) is 10.7. The van der Waals surface area contributed by atoms with Crippen LogP contribution in [0.15, 0.2) is 48.7 Å². The summed E-state index contributed by atoms with van der Waals surface area (Å²) in [6.45, 7) is 2.77. The van der Waals surface area contributed by atoms with Crippen LogP contribution in [0, 0.1) is 0 Å². The van der Waals surface area contributed by atoms with Gasteiger partial charge in [0.2, 0.25) is 5.78 Å². The van der Waals surface area contributed by atoms with Gasteiger partial charge in [-0.25, -0.2) is 0 Å². The minimum Gasteiger partial charge on any atom is -0.508 e. The molecule has 0 spiro atoms. The van der Waals surface area contributed by atoms with Crippen molar-refractivity contribution in [2.24, 2.45) is 0 Å². The molecule has 0 amide bonds. The molecule has 5 nitrogen and oxygen atoms in total. The molecule has 0 radical (unpaired) electrons. The lowest BCUT2D eigenvalue weighted by Crippen LogP contribution is -2.05. The number of aromatic nitrogens is 1. The number of phenolic OH excluding ortho intramolecular Hbond substituents is 1. The van der Waals surface area contributed by atoms with Crippen molar-refractivity contribution < 1.29 is 19.4 Å². The molecule has 27 heavy (non-hydrogen) atoms. The number of unbranched alkanes of at least 4 members (excludes halogenated alkanes) is 2. The molecule has 0 bridgehead atoms. The van der Waals surface area contributed by atoms with Crippen LogP contribution in [-0.2, 0) is 0 Å². The number of benzene rings is 2. The van der Waals surface area contributed by atoms with Crippen molar-refractivity contribution in [2.75, 3.05) is 13.7 Å². The van der Waals surface area contributed by atoms with Gasteiger partial charge < -0.3 is 14.6 Å². The number of hydrogen-bond donors (Lipinski definition) is 1. The number of hydrogen-bond acceptors (Lipinski definition) is 5. The molecule has 0 aliphatic rings. The monoisotopic (exact) mass is 365 g/mol. The zero-order chi connectivity index (χ0) is 19.2. The van der Waals surface area contributed by atoms with Crippen molar-refractivity contribution in [3.8, 4) is 17.2 Å². The fourth-order valence-corrected chi connectivity index (χ4v) is 2.92. The zero-order valence-electron chi connectivity index (χ0n) is 15.6. The summed E-state index contributed by atoms with van der Waals surface area (Å²) < 4.78 is 11.3. The summed E-state index contributed by atoms with van der Waals surface area (Å²) in [5.74, 6) is 1.14. The second-order valence-electron chi connectivity index (χ2n) is 6.32. The number of ketones is 1. The van der Waals surface area contributed by atoms with Crippen molar-refractivity contribution in [1.82, 2.24) is 4.98 Å². The van der Waals surface area contributed by atoms with Gasteiger partial charge in [0.25, 0.3) is 0 Å². The van der Waals surface area contributed by atoms with Crippen LogP contribution in [0.25, 0.3) is 10.8 Å². The number of carbonyl (C=O) groups is 1. The van der Waals surface area contributed by atoms with E-state index in [-0.39, 0.29) is 11.5 Å². The lowest BCUT2D eigenvalue weighted by Gasteiger charge is -2.13. The molecule has 1 N–H and O–H groups in total. The molecule has 1 aromatic heterocycles. The van der Waals surface area contributed by atoms with Gasteiger partial charge in [-0.15, -0.1) is 0 Å². The summed E-state index contributed by atoms with van der Waals surface area (Å²) in [4.78, 5) is 17.2. The molecule has 2 aromatic carbocycles. The minimum atomic E-state index is -0.209. The maximum absolute atomic E-state index is 12.9. The third kappa shape index (κ3) is 4.19. The Hall–Kier alpha value is -3.08. The van der Waals surface area contributed by atoms with Gasteiger partial charge in [-0.1, -0.05) is 19.8 Å². The van der Waals surface area contributed by atoms with Gasteiger partial charge in [0, 0.05) is 17.1 Å². The summed E-state index contributed by atoms with van der Waals surface area (Å²) in [6, 6.07) is 11.7. The number of ether oxygens (including phenoxy) is 2. The molecule has 140 valence electrons. The third-order valence-electron chi connectivity index (χ3n) is 4.40. The van der Waals surface area contributed by atoms with Gasteiger partial charge in [-0.3, -0.25) is 9.78 Å². The van der Waals surface area contributed by atoms with Gasteiger partial charge in [0.05, 0.1) is 13.7 Å². The zero-order valence-corrected chi connectivity index (χ0v) is 15.6. The van der Waals surface area contributed by atoms with E-state index in [9.17, 15) is 9.90 Å². The molecule has 3 rings (SSSR count). The number of phenols is 1. The summed E-state index contributed by atoms with van der Waals surface area (Å²) in [7, 11) is 1.58. The Labute approximate surface area is 158 Å². The van der Waals surface area contributed by atoms with E-state index in [0.717, 1.165) is 24.6 Å². The molecule has 0 fully saturated rings. The van der Waals surface area contributed by atoms with E-state index in [2.05, 4.69) is 11.9 Å². The minimum absolute atomic E-state index is 0.115. The predicted molar refractivity (Wildman–Crippen MR) is 105 cm³/mol. The lowest BCUT2D eigenvalue weighted by atomic mass is 10.0. The highest BCUT2D eigenvalue weighted by Gasteiger charge is 2.17. The van der Waals surface area contributed by atoms with Crippen LogP contribution >= 0.6 is 0 Å². The van der Waals surface area contributed by atoms with Crippen molar-refractivity contribution in [3.05, 3.63) is 59.9 Å². The maximum atomic E-state index is 12.9. The van der Waals surface area contributed by atoms with Gasteiger partial charge in [0.1, 0.15) is 11.4 Å². The van der Waals surface area contributed by atoms with Crippen LogP contribution in [-0.4, -0.2) is 29.6 Å². The first-order chi connectivity index (χ1) is 13.1. The van der Waals surface area contributed by atoms with E-state index in [1.807, 2.05) is 12.1 Å². The molecule has 5 heteroatoms. The van der Waals surface area contributed by atoms with Crippen LogP contribution in [0.2, 0.25) is 0 Å². The van der Waals surface area contributed by atoms with E-state index in [0.29, 0.717) is 34.7 Å². The topological polar surface area (TPSA) is 68.7 Å². The molecule has 0 saturated carbocycles. The molecular weight excluding hydrogens is 342 g/mol. The number of aromatic hydroxyl groups is 1. The molecule has 0 aliphatic heterocycles. The van der Waals surface area contributed by atoms with Crippen molar-refractivity contribution in [1.29, 1.82) is 0 Å². The van der Waals surface area contributed by atoms with Crippen LogP contribution < -0.4 is 9.47 Å². The summed E-state index contributed by atoms with van der Waals surface area (Å²) in [6.07, 6.45) is 4.85. The van der Waals surface area contributed by atoms with Crippen molar-refractivity contribution in [3.63, 3.8) is 0 Å². The molecular formula is C22H23NO4. The number of pyridine rings is 1. The summed E-state index contributed by atoms with van der Waals surface area (Å²) in [5.41, 5.74) is 0.806. The number of nitrogens with zero attached hydrogens (tertiary/aromatic N) is 1. The standard InChI is InChI=1S/C22H23NO4/c1-3-4-5-12-27-20-13-16-10-11-23-21(18(16)14-19(20)26-2)22(25)15-6-8-17(24)9-7-15/h6-11,13-14,24H,3-5,12H2,1-2H3. The number of carbonyl (C=O) groups excluding carboxylic acids is 1.